The van der Waals surface area contributed by atoms with E-state index in [9.17, 15) is 4.79 Å². The molecule has 0 aliphatic carbocycles. The van der Waals surface area contributed by atoms with Gasteiger partial charge in [0.2, 0.25) is 5.91 Å². The Kier molecular flexibility index (Phi) is 8.33. The molecular formula is C26H28ClN5O2S2. The van der Waals surface area contributed by atoms with Crippen LogP contribution in [0.3, 0.4) is 0 Å². The summed E-state index contributed by atoms with van der Waals surface area (Å²) in [7, 11) is 0. The van der Waals surface area contributed by atoms with Crippen LogP contribution in [0.4, 0.5) is 5.13 Å². The molecule has 4 rings (SSSR count). The number of anilines is 1. The van der Waals surface area contributed by atoms with Crippen molar-refractivity contribution in [3.63, 3.8) is 0 Å². The summed E-state index contributed by atoms with van der Waals surface area (Å²) in [6, 6.07) is 12.0. The van der Waals surface area contributed by atoms with Crippen molar-refractivity contribution in [3.8, 4) is 17.0 Å². The molecule has 10 heteroatoms. The van der Waals surface area contributed by atoms with E-state index < -0.39 is 0 Å². The number of carbonyl (C=O) groups excluding carboxylic acids is 1. The zero-order valence-electron chi connectivity index (χ0n) is 20.8. The maximum atomic E-state index is 12.6. The van der Waals surface area contributed by atoms with Crippen LogP contribution in [0.15, 0.2) is 46.9 Å². The van der Waals surface area contributed by atoms with Crippen molar-refractivity contribution in [1.29, 1.82) is 0 Å². The predicted molar refractivity (Wildman–Crippen MR) is 147 cm³/mol. The molecule has 0 bridgehead atoms. The number of ether oxygens (including phenoxy) is 1. The van der Waals surface area contributed by atoms with E-state index in [0.717, 1.165) is 33.2 Å². The van der Waals surface area contributed by atoms with Crippen LogP contribution in [-0.2, 0) is 11.3 Å². The van der Waals surface area contributed by atoms with Crippen molar-refractivity contribution < 1.29 is 9.53 Å². The molecule has 1 amide bonds. The minimum Gasteiger partial charge on any atom is -0.483 e. The van der Waals surface area contributed by atoms with Gasteiger partial charge in [-0.1, -0.05) is 53.2 Å². The number of carbonyl (C=O) groups is 1. The van der Waals surface area contributed by atoms with Gasteiger partial charge in [0, 0.05) is 22.5 Å². The molecule has 2 aromatic carbocycles. The van der Waals surface area contributed by atoms with E-state index in [1.165, 1.54) is 28.7 Å². The fourth-order valence-electron chi connectivity index (χ4n) is 3.71. The van der Waals surface area contributed by atoms with Gasteiger partial charge >= 0.3 is 0 Å². The Balaban J connectivity index is 1.37. The van der Waals surface area contributed by atoms with E-state index in [0.29, 0.717) is 22.7 Å². The molecule has 0 spiro atoms. The van der Waals surface area contributed by atoms with Crippen LogP contribution in [0.25, 0.3) is 11.3 Å². The van der Waals surface area contributed by atoms with E-state index in [4.69, 9.17) is 16.3 Å². The van der Waals surface area contributed by atoms with Gasteiger partial charge in [-0.15, -0.1) is 21.5 Å². The van der Waals surface area contributed by atoms with Crippen LogP contribution < -0.4 is 10.1 Å². The van der Waals surface area contributed by atoms with Gasteiger partial charge in [-0.3, -0.25) is 4.79 Å². The second kappa shape index (κ2) is 11.5. The Morgan fingerprint density at radius 1 is 1.17 bits per heavy atom. The molecule has 2 aromatic heterocycles. The van der Waals surface area contributed by atoms with E-state index >= 15 is 0 Å². The molecule has 0 aliphatic heterocycles. The number of thioether (sulfide) groups is 1. The fraction of sp³-hybridized carbons (Fsp3) is 0.308. The third-order valence-corrected chi connectivity index (χ3v) is 7.90. The topological polar surface area (TPSA) is 81.9 Å². The molecule has 1 N–H and O–H groups in total. The quantitative estimate of drug-likeness (QED) is 0.233. The first-order valence-electron chi connectivity index (χ1n) is 11.6. The standard InChI is InChI=1S/C26H28ClN5O2S2/c1-6-32-24(18(5)34-20-11-16(3)23(27)17(4)12-20)30-31-26(32)36-14-22(33)29-25-28-21(13-35-25)19-9-7-15(2)8-10-19/h7-13,18H,6,14H2,1-5H3,(H,28,29,33). The Labute approximate surface area is 224 Å². The summed E-state index contributed by atoms with van der Waals surface area (Å²) >= 11 is 9.02. The molecule has 7 nitrogen and oxygen atoms in total. The number of aryl methyl sites for hydroxylation is 3. The summed E-state index contributed by atoms with van der Waals surface area (Å²) in [5.41, 5.74) is 4.99. The molecule has 2 heterocycles. The molecule has 1 unspecified atom stereocenters. The van der Waals surface area contributed by atoms with Gasteiger partial charge in [-0.05, 0) is 57.9 Å². The van der Waals surface area contributed by atoms with Crippen LogP contribution in [0.1, 0.15) is 42.5 Å². The fourth-order valence-corrected chi connectivity index (χ4v) is 5.36. The maximum Gasteiger partial charge on any atom is 0.236 e. The smallest absolute Gasteiger partial charge is 0.236 e. The number of benzene rings is 2. The molecule has 0 radical (unpaired) electrons. The Morgan fingerprint density at radius 3 is 2.53 bits per heavy atom. The number of halogens is 1. The highest BCUT2D eigenvalue weighted by Crippen LogP contribution is 2.30. The molecular weight excluding hydrogens is 514 g/mol. The molecule has 0 fully saturated rings. The minimum atomic E-state index is -0.323. The van der Waals surface area contributed by atoms with Gasteiger partial charge in [-0.2, -0.15) is 0 Å². The van der Waals surface area contributed by atoms with Crippen molar-refractivity contribution in [2.24, 2.45) is 0 Å². The summed E-state index contributed by atoms with van der Waals surface area (Å²) in [5, 5.41) is 15.5. The number of nitrogens with one attached hydrogen (secondary N) is 1. The number of rotatable bonds is 9. The number of hydrogen-bond acceptors (Lipinski definition) is 7. The second-order valence-corrected chi connectivity index (χ2v) is 10.6. The molecule has 0 saturated heterocycles. The zero-order valence-corrected chi connectivity index (χ0v) is 23.2. The third-order valence-electron chi connectivity index (χ3n) is 5.58. The number of aromatic nitrogens is 4. The van der Waals surface area contributed by atoms with Crippen molar-refractivity contribution in [1.82, 2.24) is 19.7 Å². The number of amides is 1. The monoisotopic (exact) mass is 541 g/mol. The van der Waals surface area contributed by atoms with Crippen LogP contribution in [0.5, 0.6) is 5.75 Å². The Hall–Kier alpha value is -2.88. The SMILES string of the molecule is CCn1c(SCC(=O)Nc2nc(-c3ccc(C)cc3)cs2)nnc1C(C)Oc1cc(C)c(Cl)c(C)c1. The second-order valence-electron chi connectivity index (χ2n) is 8.46. The van der Waals surface area contributed by atoms with Gasteiger partial charge in [0.05, 0.1) is 11.4 Å². The third kappa shape index (κ3) is 6.08. The van der Waals surface area contributed by atoms with Crippen molar-refractivity contribution in [2.75, 3.05) is 11.1 Å². The number of thiazole rings is 1. The van der Waals surface area contributed by atoms with E-state index in [1.54, 1.807) is 0 Å². The summed E-state index contributed by atoms with van der Waals surface area (Å²) in [6.45, 7) is 10.6. The highest BCUT2D eigenvalue weighted by Gasteiger charge is 2.20. The number of nitrogens with zero attached hydrogens (tertiary/aromatic N) is 4. The highest BCUT2D eigenvalue weighted by atomic mass is 35.5. The maximum absolute atomic E-state index is 12.6. The first-order chi connectivity index (χ1) is 17.2. The van der Waals surface area contributed by atoms with Crippen molar-refractivity contribution in [3.05, 3.63) is 69.3 Å². The van der Waals surface area contributed by atoms with Crippen LogP contribution in [-0.4, -0.2) is 31.4 Å². The van der Waals surface area contributed by atoms with Gasteiger partial charge in [0.1, 0.15) is 5.75 Å². The van der Waals surface area contributed by atoms with E-state index in [-0.39, 0.29) is 17.8 Å². The molecule has 36 heavy (non-hydrogen) atoms. The van der Waals surface area contributed by atoms with Gasteiger partial charge in [0.25, 0.3) is 0 Å². The summed E-state index contributed by atoms with van der Waals surface area (Å²) in [5.74, 6) is 1.49. The van der Waals surface area contributed by atoms with Crippen LogP contribution in [0, 0.1) is 20.8 Å². The first-order valence-corrected chi connectivity index (χ1v) is 13.8. The lowest BCUT2D eigenvalue weighted by molar-refractivity contribution is -0.113. The normalized spacial score (nSPS) is 11.9. The molecule has 0 saturated carbocycles. The molecule has 4 aromatic rings. The largest absolute Gasteiger partial charge is 0.483 e. The highest BCUT2D eigenvalue weighted by molar-refractivity contribution is 7.99. The summed E-state index contributed by atoms with van der Waals surface area (Å²) < 4.78 is 8.11. The van der Waals surface area contributed by atoms with Crippen LogP contribution in [0.2, 0.25) is 5.02 Å². The van der Waals surface area contributed by atoms with Gasteiger partial charge in [0.15, 0.2) is 22.2 Å². The lowest BCUT2D eigenvalue weighted by Gasteiger charge is -2.17. The van der Waals surface area contributed by atoms with Gasteiger partial charge < -0.3 is 14.6 Å². The van der Waals surface area contributed by atoms with Crippen molar-refractivity contribution >= 4 is 45.7 Å². The van der Waals surface area contributed by atoms with Crippen LogP contribution >= 0.6 is 34.7 Å². The molecule has 1 atom stereocenters. The first kappa shape index (κ1) is 26.2. The number of hydrogen-bond donors (Lipinski definition) is 1. The van der Waals surface area contributed by atoms with Gasteiger partial charge in [-0.25, -0.2) is 4.98 Å². The predicted octanol–water partition coefficient (Wildman–Crippen LogP) is 6.87. The molecule has 0 aliphatic rings. The minimum absolute atomic E-state index is 0.145. The van der Waals surface area contributed by atoms with E-state index in [1.807, 2.05) is 81.0 Å². The lowest BCUT2D eigenvalue weighted by Crippen LogP contribution is -2.15. The Morgan fingerprint density at radius 2 is 1.86 bits per heavy atom. The average molecular weight is 542 g/mol. The summed E-state index contributed by atoms with van der Waals surface area (Å²) in [4.78, 5) is 17.1. The van der Waals surface area contributed by atoms with Crippen molar-refractivity contribution in [2.45, 2.75) is 52.4 Å². The average Bonchev–Trinajstić information content (AvgIpc) is 3.48. The summed E-state index contributed by atoms with van der Waals surface area (Å²) in [6.07, 6.45) is -0.323. The molecule has 188 valence electrons. The van der Waals surface area contributed by atoms with E-state index in [2.05, 4.69) is 20.5 Å². The Bertz CT molecular complexity index is 1340. The zero-order chi connectivity index (χ0) is 25.8. The lowest BCUT2D eigenvalue weighted by atomic mass is 10.1.